The number of hydrogen-bond donors (Lipinski definition) is 2. The summed E-state index contributed by atoms with van der Waals surface area (Å²) in [6.07, 6.45) is 1.49. The Morgan fingerprint density at radius 1 is 1.18 bits per heavy atom. The molecule has 0 spiro atoms. The number of phenolic OH excluding ortho intramolecular Hbond substituents is 1. The zero-order valence-electron chi connectivity index (χ0n) is 15.0. The van der Waals surface area contributed by atoms with E-state index in [0.717, 1.165) is 11.8 Å². The minimum atomic E-state index is -0.779. The maximum Gasteiger partial charge on any atom is 0.344 e. The first-order chi connectivity index (χ1) is 13.4. The molecule has 3 rings (SSSR count). The molecule has 0 aromatic heterocycles. The number of aliphatic hydroxyl groups is 1. The number of ether oxygens (including phenoxy) is 2. The molecule has 8 heteroatoms. The van der Waals surface area contributed by atoms with E-state index in [0.29, 0.717) is 11.3 Å². The standard InChI is InChI=1S/C20H16FNO5S/c1-26-14-6-7-15(23)11(8-14)9-16-18(24)17(20(25)27-2)19(28-16)22-13-5-3-4-12(21)10-13/h3-10,23-24H,1-2H3/b16-9+,22-19?. The van der Waals surface area contributed by atoms with Gasteiger partial charge >= 0.3 is 5.97 Å². The average molecular weight is 401 g/mol. The Balaban J connectivity index is 2.08. The minimum absolute atomic E-state index is 0.0307. The molecule has 0 fully saturated rings. The number of aromatic hydroxyl groups is 1. The van der Waals surface area contributed by atoms with Crippen molar-refractivity contribution < 1.29 is 28.9 Å². The molecular weight excluding hydrogens is 385 g/mol. The van der Waals surface area contributed by atoms with Crippen molar-refractivity contribution in [1.29, 1.82) is 0 Å². The topological polar surface area (TPSA) is 88.4 Å². The monoisotopic (exact) mass is 401 g/mol. The van der Waals surface area contributed by atoms with Crippen molar-refractivity contribution in [3.05, 3.63) is 70.1 Å². The predicted octanol–water partition coefficient (Wildman–Crippen LogP) is 4.34. The molecule has 1 heterocycles. The molecule has 0 radical (unpaired) electrons. The van der Waals surface area contributed by atoms with Gasteiger partial charge in [0, 0.05) is 5.56 Å². The number of nitrogens with zero attached hydrogens (tertiary/aromatic N) is 1. The van der Waals surface area contributed by atoms with Crippen LogP contribution in [0.5, 0.6) is 11.5 Å². The Kier molecular flexibility index (Phi) is 5.70. The van der Waals surface area contributed by atoms with Crippen LogP contribution in [0.4, 0.5) is 10.1 Å². The maximum atomic E-state index is 13.4. The van der Waals surface area contributed by atoms with Crippen molar-refractivity contribution in [1.82, 2.24) is 0 Å². The van der Waals surface area contributed by atoms with Gasteiger partial charge in [0.2, 0.25) is 0 Å². The van der Waals surface area contributed by atoms with E-state index < -0.39 is 11.8 Å². The van der Waals surface area contributed by atoms with Gasteiger partial charge in [0.15, 0.2) is 0 Å². The minimum Gasteiger partial charge on any atom is -0.507 e. The SMILES string of the molecule is COC(=O)C1=C(O)/C(=C\c2cc(OC)ccc2O)SC1=Nc1cccc(F)c1. The van der Waals surface area contributed by atoms with Crippen molar-refractivity contribution in [2.45, 2.75) is 0 Å². The van der Waals surface area contributed by atoms with Crippen LogP contribution in [-0.4, -0.2) is 35.4 Å². The van der Waals surface area contributed by atoms with Crippen LogP contribution in [0.3, 0.4) is 0 Å². The summed E-state index contributed by atoms with van der Waals surface area (Å²) in [6.45, 7) is 0. The summed E-state index contributed by atoms with van der Waals surface area (Å²) in [4.78, 5) is 16.7. The van der Waals surface area contributed by atoms with Crippen molar-refractivity contribution in [3.63, 3.8) is 0 Å². The number of aliphatic hydroxyl groups excluding tert-OH is 1. The molecular formula is C20H16FNO5S. The first-order valence-corrected chi connectivity index (χ1v) is 8.87. The summed E-state index contributed by atoms with van der Waals surface area (Å²) < 4.78 is 23.3. The molecule has 2 aromatic rings. The number of carbonyl (C=O) groups excluding carboxylic acids is 1. The molecule has 0 saturated carbocycles. The highest BCUT2D eigenvalue weighted by Crippen LogP contribution is 2.41. The summed E-state index contributed by atoms with van der Waals surface area (Å²) in [5.41, 5.74) is 0.525. The van der Waals surface area contributed by atoms with Crippen LogP contribution in [0.1, 0.15) is 5.56 Å². The third-order valence-electron chi connectivity index (χ3n) is 3.84. The number of phenols is 1. The van der Waals surface area contributed by atoms with Crippen LogP contribution < -0.4 is 4.74 Å². The molecule has 2 N–H and O–H groups in total. The Hall–Kier alpha value is -3.26. The van der Waals surface area contributed by atoms with E-state index in [1.807, 2.05) is 0 Å². The molecule has 0 aliphatic carbocycles. The highest BCUT2D eigenvalue weighted by atomic mass is 32.2. The third kappa shape index (κ3) is 4.01. The van der Waals surface area contributed by atoms with Crippen LogP contribution in [-0.2, 0) is 9.53 Å². The second kappa shape index (κ2) is 8.18. The van der Waals surface area contributed by atoms with Gasteiger partial charge in [0.05, 0.1) is 24.8 Å². The molecule has 0 saturated heterocycles. The number of aliphatic imine (C=N–C) groups is 1. The highest BCUT2D eigenvalue weighted by Gasteiger charge is 2.33. The van der Waals surface area contributed by atoms with Crippen molar-refractivity contribution in [2.75, 3.05) is 14.2 Å². The molecule has 1 aliphatic heterocycles. The summed E-state index contributed by atoms with van der Waals surface area (Å²) in [5.74, 6) is -1.11. The van der Waals surface area contributed by atoms with Crippen LogP contribution in [0.25, 0.3) is 6.08 Å². The third-order valence-corrected chi connectivity index (χ3v) is 4.86. The number of benzene rings is 2. The van der Waals surface area contributed by atoms with Crippen molar-refractivity contribution >= 4 is 34.5 Å². The number of thioether (sulfide) groups is 1. The zero-order valence-corrected chi connectivity index (χ0v) is 15.8. The van der Waals surface area contributed by atoms with Gasteiger partial charge < -0.3 is 19.7 Å². The fourth-order valence-corrected chi connectivity index (χ4v) is 3.50. The van der Waals surface area contributed by atoms with E-state index in [1.165, 1.54) is 44.6 Å². The quantitative estimate of drug-likeness (QED) is 0.741. The molecule has 0 bridgehead atoms. The lowest BCUT2D eigenvalue weighted by Crippen LogP contribution is -2.10. The van der Waals surface area contributed by atoms with Crippen LogP contribution in [0.15, 0.2) is 63.7 Å². The molecule has 0 atom stereocenters. The second-order valence-electron chi connectivity index (χ2n) is 5.65. The van der Waals surface area contributed by atoms with E-state index in [-0.39, 0.29) is 32.7 Å². The lowest BCUT2D eigenvalue weighted by atomic mass is 10.1. The van der Waals surface area contributed by atoms with Crippen LogP contribution >= 0.6 is 11.8 Å². The summed E-state index contributed by atoms with van der Waals surface area (Å²) in [5, 5.41) is 20.8. The van der Waals surface area contributed by atoms with Crippen LogP contribution in [0, 0.1) is 5.82 Å². The predicted molar refractivity (Wildman–Crippen MR) is 105 cm³/mol. The Bertz CT molecular complexity index is 1030. The average Bonchev–Trinajstić information content (AvgIpc) is 2.98. The smallest absolute Gasteiger partial charge is 0.344 e. The van der Waals surface area contributed by atoms with E-state index in [1.54, 1.807) is 18.2 Å². The summed E-state index contributed by atoms with van der Waals surface area (Å²) in [6, 6.07) is 10.2. The number of esters is 1. The van der Waals surface area contributed by atoms with Crippen molar-refractivity contribution in [2.24, 2.45) is 4.99 Å². The van der Waals surface area contributed by atoms with Gasteiger partial charge in [-0.15, -0.1) is 0 Å². The number of carbonyl (C=O) groups is 1. The normalized spacial score (nSPS) is 16.7. The zero-order chi connectivity index (χ0) is 20.3. The Morgan fingerprint density at radius 3 is 2.64 bits per heavy atom. The molecule has 28 heavy (non-hydrogen) atoms. The number of rotatable bonds is 4. The maximum absolute atomic E-state index is 13.4. The Labute approximate surface area is 164 Å². The van der Waals surface area contributed by atoms with E-state index in [9.17, 15) is 19.4 Å². The fourth-order valence-electron chi connectivity index (χ4n) is 2.47. The van der Waals surface area contributed by atoms with Gasteiger partial charge in [0.25, 0.3) is 0 Å². The molecule has 0 unspecified atom stereocenters. The molecule has 6 nitrogen and oxygen atoms in total. The largest absolute Gasteiger partial charge is 0.507 e. The van der Waals surface area contributed by atoms with Gasteiger partial charge in [-0.2, -0.15) is 0 Å². The second-order valence-corrected chi connectivity index (χ2v) is 6.68. The van der Waals surface area contributed by atoms with Gasteiger partial charge in [-0.1, -0.05) is 17.8 Å². The first kappa shape index (κ1) is 19.5. The molecule has 144 valence electrons. The molecule has 2 aromatic carbocycles. The van der Waals surface area contributed by atoms with E-state index in [2.05, 4.69) is 4.99 Å². The van der Waals surface area contributed by atoms with Crippen LogP contribution in [0.2, 0.25) is 0 Å². The molecule has 0 amide bonds. The number of methoxy groups -OCH3 is 2. The highest BCUT2D eigenvalue weighted by molar-refractivity contribution is 8.18. The summed E-state index contributed by atoms with van der Waals surface area (Å²) >= 11 is 1.00. The lowest BCUT2D eigenvalue weighted by molar-refractivity contribution is -0.135. The molecule has 1 aliphatic rings. The van der Waals surface area contributed by atoms with E-state index in [4.69, 9.17) is 9.47 Å². The van der Waals surface area contributed by atoms with Gasteiger partial charge in [-0.25, -0.2) is 14.2 Å². The van der Waals surface area contributed by atoms with Crippen molar-refractivity contribution in [3.8, 4) is 11.5 Å². The number of hydrogen-bond acceptors (Lipinski definition) is 7. The van der Waals surface area contributed by atoms with Gasteiger partial charge in [0.1, 0.15) is 33.7 Å². The summed E-state index contributed by atoms with van der Waals surface area (Å²) in [7, 11) is 2.67. The Morgan fingerprint density at radius 2 is 1.96 bits per heavy atom. The lowest BCUT2D eigenvalue weighted by Gasteiger charge is -2.04. The van der Waals surface area contributed by atoms with Gasteiger partial charge in [-0.05, 0) is 42.5 Å². The van der Waals surface area contributed by atoms with Gasteiger partial charge in [-0.3, -0.25) is 0 Å². The van der Waals surface area contributed by atoms with E-state index >= 15 is 0 Å². The first-order valence-electron chi connectivity index (χ1n) is 8.06. The fraction of sp³-hybridized carbons (Fsp3) is 0.100. The number of halogens is 1.